The number of carbonyl (C=O) groups excluding carboxylic acids is 1. The minimum Gasteiger partial charge on any atom is -0.493 e. The molecule has 0 fully saturated rings. The quantitative estimate of drug-likeness (QED) is 0.511. The molecule has 0 aliphatic carbocycles. The SMILES string of the molecule is CCC(C)(C)c1ccc2c(C(=O)N[C@@H](C)c3ccc(OC)c(OC)c3)csc2c1. The maximum Gasteiger partial charge on any atom is 0.253 e. The standard InChI is InChI=1S/C24H29NO3S/c1-7-24(3,4)17-9-10-18-19(14-29-22(18)13-17)23(26)25-15(2)16-8-11-20(27-5)21(12-16)28-6/h8-15H,7H2,1-6H3,(H,25,26)/t15-/m0/s1. The fourth-order valence-electron chi connectivity index (χ4n) is 3.31. The van der Waals surface area contributed by atoms with E-state index in [2.05, 4.69) is 44.3 Å². The number of thiophene rings is 1. The highest BCUT2D eigenvalue weighted by atomic mass is 32.1. The fourth-order valence-corrected chi connectivity index (χ4v) is 4.29. The molecule has 0 aliphatic rings. The van der Waals surface area contributed by atoms with Crippen LogP contribution in [0, 0.1) is 0 Å². The second-order valence-electron chi connectivity index (χ2n) is 7.91. The van der Waals surface area contributed by atoms with Crippen LogP contribution < -0.4 is 14.8 Å². The third kappa shape index (κ3) is 4.25. The fraction of sp³-hybridized carbons (Fsp3) is 0.375. The molecule has 1 atom stereocenters. The van der Waals surface area contributed by atoms with Crippen molar-refractivity contribution in [1.29, 1.82) is 0 Å². The van der Waals surface area contributed by atoms with Crippen molar-refractivity contribution in [3.63, 3.8) is 0 Å². The highest BCUT2D eigenvalue weighted by Crippen LogP contribution is 2.34. The first-order valence-corrected chi connectivity index (χ1v) is 10.7. The largest absolute Gasteiger partial charge is 0.493 e. The van der Waals surface area contributed by atoms with E-state index in [0.29, 0.717) is 11.5 Å². The third-order valence-electron chi connectivity index (χ3n) is 5.74. The zero-order valence-electron chi connectivity index (χ0n) is 18.0. The van der Waals surface area contributed by atoms with Gasteiger partial charge in [-0.25, -0.2) is 0 Å². The molecule has 0 spiro atoms. The van der Waals surface area contributed by atoms with Crippen LogP contribution in [0.15, 0.2) is 41.8 Å². The summed E-state index contributed by atoms with van der Waals surface area (Å²) < 4.78 is 11.8. The number of carbonyl (C=O) groups is 1. The first kappa shape index (κ1) is 21.2. The summed E-state index contributed by atoms with van der Waals surface area (Å²) in [5.74, 6) is 1.25. The molecule has 1 N–H and O–H groups in total. The van der Waals surface area contributed by atoms with Crippen molar-refractivity contribution in [3.8, 4) is 11.5 Å². The molecule has 4 nitrogen and oxygen atoms in total. The molecule has 0 saturated heterocycles. The van der Waals surface area contributed by atoms with Gasteiger partial charge in [-0.2, -0.15) is 0 Å². The van der Waals surface area contributed by atoms with Crippen LogP contribution in [0.2, 0.25) is 0 Å². The van der Waals surface area contributed by atoms with Crippen molar-refractivity contribution >= 4 is 27.3 Å². The van der Waals surface area contributed by atoms with E-state index >= 15 is 0 Å². The molecule has 5 heteroatoms. The van der Waals surface area contributed by atoms with E-state index in [1.165, 1.54) is 5.56 Å². The average Bonchev–Trinajstić information content (AvgIpc) is 3.16. The highest BCUT2D eigenvalue weighted by molar-refractivity contribution is 7.17. The van der Waals surface area contributed by atoms with Gasteiger partial charge in [-0.3, -0.25) is 4.79 Å². The van der Waals surface area contributed by atoms with E-state index in [0.717, 1.165) is 27.6 Å². The van der Waals surface area contributed by atoms with Crippen LogP contribution in [0.3, 0.4) is 0 Å². The molecule has 0 unspecified atom stereocenters. The monoisotopic (exact) mass is 411 g/mol. The number of methoxy groups -OCH3 is 2. The molecule has 1 heterocycles. The molecule has 1 aromatic heterocycles. The van der Waals surface area contributed by atoms with Gasteiger partial charge >= 0.3 is 0 Å². The van der Waals surface area contributed by atoms with Crippen LogP contribution in [-0.4, -0.2) is 20.1 Å². The van der Waals surface area contributed by atoms with Crippen LogP contribution >= 0.6 is 11.3 Å². The summed E-state index contributed by atoms with van der Waals surface area (Å²) in [5, 5.41) is 6.06. The Hall–Kier alpha value is -2.53. The number of hydrogen-bond acceptors (Lipinski definition) is 4. The summed E-state index contributed by atoms with van der Waals surface area (Å²) in [7, 11) is 3.22. The van der Waals surface area contributed by atoms with E-state index in [4.69, 9.17) is 9.47 Å². The van der Waals surface area contributed by atoms with Gasteiger partial charge in [-0.05, 0) is 48.1 Å². The zero-order valence-corrected chi connectivity index (χ0v) is 18.8. The van der Waals surface area contributed by atoms with Crippen molar-refractivity contribution in [3.05, 3.63) is 58.5 Å². The Morgan fingerprint density at radius 1 is 1.10 bits per heavy atom. The smallest absolute Gasteiger partial charge is 0.253 e. The van der Waals surface area contributed by atoms with Crippen molar-refractivity contribution in [2.75, 3.05) is 14.2 Å². The predicted molar refractivity (Wildman–Crippen MR) is 121 cm³/mol. The first-order chi connectivity index (χ1) is 13.8. The van der Waals surface area contributed by atoms with Crippen LogP contribution in [0.25, 0.3) is 10.1 Å². The zero-order chi connectivity index (χ0) is 21.2. The lowest BCUT2D eigenvalue weighted by Crippen LogP contribution is -2.26. The highest BCUT2D eigenvalue weighted by Gasteiger charge is 2.21. The molecule has 3 aromatic rings. The van der Waals surface area contributed by atoms with Crippen molar-refractivity contribution in [1.82, 2.24) is 5.32 Å². The van der Waals surface area contributed by atoms with E-state index in [9.17, 15) is 4.79 Å². The molecule has 0 saturated carbocycles. The summed E-state index contributed by atoms with van der Waals surface area (Å²) in [5.41, 5.74) is 3.11. The van der Waals surface area contributed by atoms with E-state index < -0.39 is 0 Å². The van der Waals surface area contributed by atoms with Crippen molar-refractivity contribution in [2.45, 2.75) is 45.6 Å². The normalized spacial score (nSPS) is 12.6. The average molecular weight is 412 g/mol. The molecule has 2 aromatic carbocycles. The molecule has 29 heavy (non-hydrogen) atoms. The number of benzene rings is 2. The summed E-state index contributed by atoms with van der Waals surface area (Å²) in [4.78, 5) is 13.0. The predicted octanol–water partition coefficient (Wildman–Crippen LogP) is 6.10. The number of hydrogen-bond donors (Lipinski definition) is 1. The Morgan fingerprint density at radius 2 is 1.83 bits per heavy atom. The van der Waals surface area contributed by atoms with Crippen molar-refractivity contribution in [2.24, 2.45) is 0 Å². The minimum absolute atomic E-state index is 0.0685. The minimum atomic E-state index is -0.157. The maximum atomic E-state index is 13.0. The van der Waals surface area contributed by atoms with E-state index in [1.54, 1.807) is 25.6 Å². The molecule has 0 aliphatic heterocycles. The van der Waals surface area contributed by atoms with Crippen LogP contribution in [0.4, 0.5) is 0 Å². The maximum absolute atomic E-state index is 13.0. The van der Waals surface area contributed by atoms with Gasteiger partial charge in [0, 0.05) is 15.5 Å². The van der Waals surface area contributed by atoms with Gasteiger partial charge in [0.15, 0.2) is 11.5 Å². The van der Waals surface area contributed by atoms with Gasteiger partial charge in [0.2, 0.25) is 0 Å². The van der Waals surface area contributed by atoms with Gasteiger partial charge in [0.1, 0.15) is 0 Å². The lowest BCUT2D eigenvalue weighted by molar-refractivity contribution is 0.0942. The molecule has 154 valence electrons. The molecule has 1 amide bonds. The summed E-state index contributed by atoms with van der Waals surface area (Å²) >= 11 is 1.62. The lowest BCUT2D eigenvalue weighted by Gasteiger charge is -2.23. The molecule has 3 rings (SSSR count). The van der Waals surface area contributed by atoms with Gasteiger partial charge in [-0.15, -0.1) is 11.3 Å². The number of amides is 1. The Morgan fingerprint density at radius 3 is 2.48 bits per heavy atom. The van der Waals surface area contributed by atoms with Crippen LogP contribution in [-0.2, 0) is 5.41 Å². The summed E-state index contributed by atoms with van der Waals surface area (Å²) in [6, 6.07) is 12.0. The topological polar surface area (TPSA) is 47.6 Å². The lowest BCUT2D eigenvalue weighted by atomic mass is 9.82. The van der Waals surface area contributed by atoms with Crippen molar-refractivity contribution < 1.29 is 14.3 Å². The number of ether oxygens (including phenoxy) is 2. The van der Waals surface area contributed by atoms with Crippen LogP contribution in [0.5, 0.6) is 11.5 Å². The molecular formula is C24H29NO3S. The van der Waals surface area contributed by atoms with Gasteiger partial charge < -0.3 is 14.8 Å². The summed E-state index contributed by atoms with van der Waals surface area (Å²) in [6.07, 6.45) is 1.07. The van der Waals surface area contributed by atoms with Crippen LogP contribution in [0.1, 0.15) is 61.6 Å². The molecule has 0 radical (unpaired) electrons. The Labute approximate surface area is 176 Å². The number of nitrogens with one attached hydrogen (secondary N) is 1. The van der Waals surface area contributed by atoms with Gasteiger partial charge in [-0.1, -0.05) is 39.0 Å². The number of rotatable bonds is 7. The molecule has 0 bridgehead atoms. The van der Waals surface area contributed by atoms with E-state index in [1.807, 2.05) is 30.5 Å². The molecular weight excluding hydrogens is 382 g/mol. The van der Waals surface area contributed by atoms with Gasteiger partial charge in [0.25, 0.3) is 5.91 Å². The number of fused-ring (bicyclic) bond motifs is 1. The second kappa shape index (κ2) is 8.46. The first-order valence-electron chi connectivity index (χ1n) is 9.85. The second-order valence-corrected chi connectivity index (χ2v) is 8.82. The van der Waals surface area contributed by atoms with Gasteiger partial charge in [0.05, 0.1) is 25.8 Å². The Balaban J connectivity index is 1.83. The Kier molecular flexibility index (Phi) is 6.18. The third-order valence-corrected chi connectivity index (χ3v) is 6.69. The summed E-state index contributed by atoms with van der Waals surface area (Å²) in [6.45, 7) is 8.67. The van der Waals surface area contributed by atoms with E-state index in [-0.39, 0.29) is 17.4 Å². The Bertz CT molecular complexity index is 1020.